The van der Waals surface area contributed by atoms with Crippen LogP contribution in [0.4, 0.5) is 0 Å². The van der Waals surface area contributed by atoms with Crippen molar-refractivity contribution in [1.29, 1.82) is 0 Å². The molecule has 0 rings (SSSR count). The van der Waals surface area contributed by atoms with Gasteiger partial charge in [0.1, 0.15) is 0 Å². The molecular formula is C5H9N2W-. The van der Waals surface area contributed by atoms with Gasteiger partial charge in [0.2, 0.25) is 0 Å². The van der Waals surface area contributed by atoms with E-state index in [-0.39, 0.29) is 0 Å². The Kier molecular flexibility index (Phi) is 3.98. The first-order valence-electron chi connectivity index (χ1n) is 2.42. The maximum atomic E-state index is 8.48. The average molecular weight is 281 g/mol. The van der Waals surface area contributed by atoms with Gasteiger partial charge in [-0.05, 0) is 0 Å². The first-order valence-corrected chi connectivity index (χ1v) is 4.12. The van der Waals surface area contributed by atoms with Crippen LogP contribution in [0.1, 0.15) is 13.8 Å². The Morgan fingerprint density at radius 1 is 1.62 bits per heavy atom. The predicted octanol–water partition coefficient (Wildman–Crippen LogP) is 0.601. The summed E-state index contributed by atoms with van der Waals surface area (Å²) in [5, 5.41) is 8.48. The number of hydrogen-bond acceptors (Lipinski definition) is 0. The van der Waals surface area contributed by atoms with Gasteiger partial charge in [-0.2, -0.15) is 0 Å². The number of nitrogens with zero attached hydrogens (tertiary/aromatic N) is 2. The Balaban J connectivity index is 3.68. The molecule has 0 N–H and O–H groups in total. The molecule has 0 spiro atoms. The number of rotatable bonds is 3. The zero-order valence-corrected chi connectivity index (χ0v) is 7.97. The fourth-order valence-electron chi connectivity index (χ4n) is 0.282. The quantitative estimate of drug-likeness (QED) is 0.549. The average Bonchev–Trinajstić information content (AvgIpc) is 1.69. The molecule has 0 aromatic heterocycles. The van der Waals surface area contributed by atoms with E-state index < -0.39 is 0 Å². The van der Waals surface area contributed by atoms with E-state index in [9.17, 15) is 0 Å². The van der Waals surface area contributed by atoms with Crippen molar-refractivity contribution >= 4 is 10.9 Å². The van der Waals surface area contributed by atoms with E-state index in [1.165, 1.54) is 19.4 Å². The normalized spacial score (nSPS) is 8.88. The van der Waals surface area contributed by atoms with Gasteiger partial charge in [-0.1, -0.05) is 0 Å². The van der Waals surface area contributed by atoms with Gasteiger partial charge in [-0.25, -0.2) is 0 Å². The Labute approximate surface area is 60.8 Å². The fourth-order valence-corrected chi connectivity index (χ4v) is 1.35. The Morgan fingerprint density at radius 2 is 2.12 bits per heavy atom. The van der Waals surface area contributed by atoms with Crippen LogP contribution in [0.5, 0.6) is 0 Å². The van der Waals surface area contributed by atoms with Crippen molar-refractivity contribution < 1.29 is 19.4 Å². The predicted molar refractivity (Wildman–Crippen MR) is 32.5 cm³/mol. The zero-order chi connectivity index (χ0) is 6.57. The molecule has 0 fully saturated rings. The summed E-state index contributed by atoms with van der Waals surface area (Å²) in [6.45, 7) is 4.04. The zero-order valence-electron chi connectivity index (χ0n) is 5.03. The summed E-state index contributed by atoms with van der Waals surface area (Å²) < 4.78 is 1.91. The second-order valence-electron chi connectivity index (χ2n) is 1.76. The second kappa shape index (κ2) is 3.96. The maximum absolute atomic E-state index is 8.48. The van der Waals surface area contributed by atoms with Crippen LogP contribution in [-0.4, -0.2) is 21.8 Å². The van der Waals surface area contributed by atoms with Gasteiger partial charge in [0.25, 0.3) is 0 Å². The van der Waals surface area contributed by atoms with Crippen molar-refractivity contribution in [3.63, 3.8) is 0 Å². The van der Waals surface area contributed by atoms with E-state index in [0.717, 1.165) is 6.34 Å². The van der Waals surface area contributed by atoms with E-state index in [1.807, 2.05) is 18.4 Å². The summed E-state index contributed by atoms with van der Waals surface area (Å²) in [6, 6.07) is 0.373. The van der Waals surface area contributed by atoms with Crippen molar-refractivity contribution in [3.8, 4) is 0 Å². The van der Waals surface area contributed by atoms with Gasteiger partial charge in [0.15, 0.2) is 0 Å². The van der Waals surface area contributed by atoms with E-state index in [2.05, 4.69) is 0 Å². The molecule has 0 aromatic rings. The fraction of sp³-hybridized carbons (Fsp3) is 0.600. The summed E-state index contributed by atoms with van der Waals surface area (Å²) in [5.41, 5.74) is 0. The molecular weight excluding hydrogens is 272 g/mol. The van der Waals surface area contributed by atoms with Gasteiger partial charge >= 0.3 is 60.4 Å². The van der Waals surface area contributed by atoms with E-state index in [0.29, 0.717) is 6.04 Å². The van der Waals surface area contributed by atoms with Crippen molar-refractivity contribution in [1.82, 2.24) is 4.90 Å². The van der Waals surface area contributed by atoms with E-state index >= 15 is 0 Å². The summed E-state index contributed by atoms with van der Waals surface area (Å²) in [5.74, 6) is 0. The van der Waals surface area contributed by atoms with E-state index in [1.54, 1.807) is 4.90 Å². The van der Waals surface area contributed by atoms with Crippen molar-refractivity contribution in [3.05, 3.63) is 5.41 Å². The van der Waals surface area contributed by atoms with Crippen molar-refractivity contribution in [2.75, 3.05) is 0 Å². The molecule has 0 aliphatic rings. The molecule has 3 heteroatoms. The third kappa shape index (κ3) is 2.36. The van der Waals surface area contributed by atoms with Crippen LogP contribution in [0.2, 0.25) is 0 Å². The van der Waals surface area contributed by atoms with Crippen molar-refractivity contribution in [2.24, 2.45) is 0 Å². The number of hydrogen-bond donors (Lipinski definition) is 0. The molecule has 0 aliphatic heterocycles. The van der Waals surface area contributed by atoms with Crippen LogP contribution in [0.3, 0.4) is 0 Å². The minimum absolute atomic E-state index is 0.373. The second-order valence-corrected chi connectivity index (χ2v) is 2.52. The molecule has 0 aromatic carbocycles. The molecule has 0 unspecified atom stereocenters. The molecule has 0 heterocycles. The molecule has 0 aliphatic carbocycles. The molecule has 0 bridgehead atoms. The molecule has 0 atom stereocenters. The third-order valence-electron chi connectivity index (χ3n) is 0.851. The van der Waals surface area contributed by atoms with Gasteiger partial charge in [0.05, 0.1) is 0 Å². The van der Waals surface area contributed by atoms with Crippen LogP contribution in [0.25, 0.3) is 5.41 Å². The van der Waals surface area contributed by atoms with Gasteiger partial charge in [-0.3, -0.25) is 0 Å². The van der Waals surface area contributed by atoms with Crippen LogP contribution < -0.4 is 0 Å². The molecule has 0 amide bonds. The molecule has 46 valence electrons. The Morgan fingerprint density at radius 3 is 2.12 bits per heavy atom. The van der Waals surface area contributed by atoms with Crippen molar-refractivity contribution in [2.45, 2.75) is 19.9 Å². The monoisotopic (exact) mass is 281 g/mol. The van der Waals surface area contributed by atoms with Crippen LogP contribution >= 0.6 is 0 Å². The van der Waals surface area contributed by atoms with Crippen LogP contribution in [0.15, 0.2) is 0 Å². The summed E-state index contributed by atoms with van der Waals surface area (Å²) >= 11 is 1.35. The minimum atomic E-state index is 0.373. The van der Waals surface area contributed by atoms with Gasteiger partial charge in [0, 0.05) is 0 Å². The summed E-state index contributed by atoms with van der Waals surface area (Å²) in [4.78, 5) is 1.76. The van der Waals surface area contributed by atoms with E-state index in [4.69, 9.17) is 5.41 Å². The Hall–Kier alpha value is 0.0283. The third-order valence-corrected chi connectivity index (χ3v) is 1.73. The summed E-state index contributed by atoms with van der Waals surface area (Å²) in [7, 11) is 0. The van der Waals surface area contributed by atoms with Crippen LogP contribution in [-0.2, 0) is 19.4 Å². The standard InChI is InChI=1S/C5H9N2.W/c1-5(2)7(3)4-6;/h3-5H,1-2H3;/q-1;. The Bertz CT molecular complexity index is 82.4. The molecule has 2 nitrogen and oxygen atoms in total. The summed E-state index contributed by atoms with van der Waals surface area (Å²) in [6.07, 6.45) is 1.09. The van der Waals surface area contributed by atoms with Gasteiger partial charge in [-0.15, -0.1) is 0 Å². The molecule has 0 saturated heterocycles. The first kappa shape index (κ1) is 8.03. The van der Waals surface area contributed by atoms with Gasteiger partial charge < -0.3 is 0 Å². The topological polar surface area (TPSA) is 25.5 Å². The molecule has 0 saturated carbocycles. The van der Waals surface area contributed by atoms with Crippen LogP contribution in [0, 0.1) is 0 Å². The molecule has 0 radical (unpaired) electrons. The first-order chi connectivity index (χ1) is 3.72. The SMILES string of the molecule is CC(C)N(C=[N-])[CH]=[W]. The molecule has 8 heavy (non-hydrogen) atoms.